The maximum atomic E-state index is 6.20. The molecule has 0 atom stereocenters. The molecule has 5 heteroatoms. The van der Waals surface area contributed by atoms with E-state index >= 15 is 0 Å². The fourth-order valence-corrected chi connectivity index (χ4v) is 3.51. The Hall–Kier alpha value is -2.17. The van der Waals surface area contributed by atoms with Gasteiger partial charge in [-0.2, -0.15) is 5.10 Å². The van der Waals surface area contributed by atoms with Crippen molar-refractivity contribution in [2.45, 2.75) is 64.5 Å². The van der Waals surface area contributed by atoms with Crippen molar-refractivity contribution in [1.82, 2.24) is 9.78 Å². The number of nitrogens with zero attached hydrogens (tertiary/aromatic N) is 2. The molecule has 4 N–H and O–H groups in total. The highest BCUT2D eigenvalue weighted by atomic mass is 15.3. The molecule has 0 saturated heterocycles. The highest BCUT2D eigenvalue weighted by Crippen LogP contribution is 2.34. The molecular weight excluding hydrogens is 310 g/mol. The predicted molar refractivity (Wildman–Crippen MR) is 106 cm³/mol. The molecule has 5 nitrogen and oxygen atoms in total. The number of unbranched alkanes of at least 4 members (excludes halogenated alkanes) is 1. The Morgan fingerprint density at radius 3 is 2.44 bits per heavy atom. The first-order valence-corrected chi connectivity index (χ1v) is 9.67. The topological polar surface area (TPSA) is 67.9 Å². The number of benzene rings is 1. The minimum atomic E-state index is 0.545. The van der Waals surface area contributed by atoms with Gasteiger partial charge in [0.2, 0.25) is 0 Å². The fourth-order valence-electron chi connectivity index (χ4n) is 3.51. The maximum Gasteiger partial charge on any atom is 0.109 e. The number of nitrogens with one attached hydrogen (secondary N) is 2. The van der Waals surface area contributed by atoms with Crippen LogP contribution in [0.2, 0.25) is 0 Å². The zero-order valence-corrected chi connectivity index (χ0v) is 15.3. The average molecular weight is 342 g/mol. The number of aromatic nitrogens is 2. The molecule has 1 aromatic heterocycles. The Morgan fingerprint density at radius 1 is 1.08 bits per heavy atom. The lowest BCUT2D eigenvalue weighted by molar-refractivity contribution is 0.433. The highest BCUT2D eigenvalue weighted by molar-refractivity contribution is 5.53. The monoisotopic (exact) mass is 341 g/mol. The number of rotatable bonds is 8. The van der Waals surface area contributed by atoms with Crippen LogP contribution in [0.15, 0.2) is 30.5 Å². The standard InChI is InChI=1S/C20H31N5/c1-2-3-13-22-17-9-11-18(12-10-17)23-15-25-14-19(21)20(24-25)16-7-5-4-6-8-16/h9-12,14,16,22-23H,2-8,13,15,21H2,1H3. The second-order valence-corrected chi connectivity index (χ2v) is 7.04. The van der Waals surface area contributed by atoms with Crippen LogP contribution in [0.3, 0.4) is 0 Å². The summed E-state index contributed by atoms with van der Waals surface area (Å²) in [6.45, 7) is 3.87. The van der Waals surface area contributed by atoms with Gasteiger partial charge in [-0.3, -0.25) is 4.68 Å². The van der Waals surface area contributed by atoms with E-state index in [1.165, 1.54) is 50.6 Å². The summed E-state index contributed by atoms with van der Waals surface area (Å²) in [5, 5.41) is 11.6. The highest BCUT2D eigenvalue weighted by Gasteiger charge is 2.20. The maximum absolute atomic E-state index is 6.20. The summed E-state index contributed by atoms with van der Waals surface area (Å²) < 4.78 is 1.92. The zero-order chi connectivity index (χ0) is 17.5. The van der Waals surface area contributed by atoms with Gasteiger partial charge in [-0.05, 0) is 43.5 Å². The van der Waals surface area contributed by atoms with E-state index in [4.69, 9.17) is 10.8 Å². The van der Waals surface area contributed by atoms with Crippen LogP contribution in [0.1, 0.15) is 63.5 Å². The van der Waals surface area contributed by atoms with Crippen molar-refractivity contribution in [2.24, 2.45) is 0 Å². The van der Waals surface area contributed by atoms with E-state index in [0.717, 1.165) is 23.6 Å². The van der Waals surface area contributed by atoms with E-state index in [2.05, 4.69) is 41.8 Å². The van der Waals surface area contributed by atoms with E-state index in [0.29, 0.717) is 12.6 Å². The van der Waals surface area contributed by atoms with Crippen molar-refractivity contribution in [1.29, 1.82) is 0 Å². The number of hydrogen-bond donors (Lipinski definition) is 3. The van der Waals surface area contributed by atoms with Crippen molar-refractivity contribution in [3.63, 3.8) is 0 Å². The summed E-state index contributed by atoms with van der Waals surface area (Å²) in [5.41, 5.74) is 10.4. The Balaban J connectivity index is 1.53. The lowest BCUT2D eigenvalue weighted by atomic mass is 9.86. The number of hydrogen-bond acceptors (Lipinski definition) is 4. The molecule has 1 aliphatic carbocycles. The lowest BCUT2D eigenvalue weighted by Crippen LogP contribution is -2.11. The first-order chi connectivity index (χ1) is 12.3. The third kappa shape index (κ3) is 4.91. The van der Waals surface area contributed by atoms with Crippen LogP contribution in [0.4, 0.5) is 17.1 Å². The third-order valence-electron chi connectivity index (χ3n) is 5.00. The van der Waals surface area contributed by atoms with Crippen molar-refractivity contribution in [2.75, 3.05) is 22.9 Å². The predicted octanol–water partition coefficient (Wildman–Crippen LogP) is 4.79. The third-order valence-corrected chi connectivity index (χ3v) is 5.00. The van der Waals surface area contributed by atoms with Gasteiger partial charge >= 0.3 is 0 Å². The summed E-state index contributed by atoms with van der Waals surface area (Å²) in [7, 11) is 0. The molecule has 1 heterocycles. The molecular formula is C20H31N5. The molecule has 1 aromatic carbocycles. The zero-order valence-electron chi connectivity index (χ0n) is 15.3. The molecule has 0 bridgehead atoms. The van der Waals surface area contributed by atoms with Crippen LogP contribution in [-0.2, 0) is 6.67 Å². The normalized spacial score (nSPS) is 15.2. The lowest BCUT2D eigenvalue weighted by Gasteiger charge is -2.20. The van der Waals surface area contributed by atoms with Gasteiger partial charge in [0, 0.05) is 23.8 Å². The SMILES string of the molecule is CCCCNc1ccc(NCn2cc(N)c(C3CCCCC3)n2)cc1. The van der Waals surface area contributed by atoms with E-state index in [9.17, 15) is 0 Å². The molecule has 0 aliphatic heterocycles. The van der Waals surface area contributed by atoms with E-state index < -0.39 is 0 Å². The molecule has 0 unspecified atom stereocenters. The van der Waals surface area contributed by atoms with Gasteiger partial charge < -0.3 is 16.4 Å². The number of nitrogens with two attached hydrogens (primary N) is 1. The van der Waals surface area contributed by atoms with Crippen molar-refractivity contribution in [3.8, 4) is 0 Å². The van der Waals surface area contributed by atoms with Gasteiger partial charge in [0.15, 0.2) is 0 Å². The summed E-state index contributed by atoms with van der Waals surface area (Å²) >= 11 is 0. The van der Waals surface area contributed by atoms with Crippen molar-refractivity contribution < 1.29 is 0 Å². The first kappa shape index (κ1) is 17.6. The number of nitrogen functional groups attached to an aromatic ring is 1. The molecule has 1 saturated carbocycles. The summed E-state index contributed by atoms with van der Waals surface area (Å²) in [6.07, 6.45) is 10.8. The van der Waals surface area contributed by atoms with Crippen LogP contribution < -0.4 is 16.4 Å². The van der Waals surface area contributed by atoms with Crippen LogP contribution in [0.25, 0.3) is 0 Å². The summed E-state index contributed by atoms with van der Waals surface area (Å²) in [5.74, 6) is 0.545. The van der Waals surface area contributed by atoms with Crippen molar-refractivity contribution in [3.05, 3.63) is 36.2 Å². The van der Waals surface area contributed by atoms with Gasteiger partial charge in [0.05, 0.1) is 17.6 Å². The molecule has 1 fully saturated rings. The van der Waals surface area contributed by atoms with Crippen LogP contribution in [-0.4, -0.2) is 16.3 Å². The van der Waals surface area contributed by atoms with Gasteiger partial charge in [-0.25, -0.2) is 0 Å². The second-order valence-electron chi connectivity index (χ2n) is 7.04. The van der Waals surface area contributed by atoms with E-state index in [-0.39, 0.29) is 0 Å². The Morgan fingerprint density at radius 2 is 1.76 bits per heavy atom. The number of anilines is 3. The minimum absolute atomic E-state index is 0.545. The van der Waals surface area contributed by atoms with Gasteiger partial charge in [-0.15, -0.1) is 0 Å². The van der Waals surface area contributed by atoms with Gasteiger partial charge in [0.1, 0.15) is 6.67 Å². The Kier molecular flexibility index (Phi) is 6.20. The van der Waals surface area contributed by atoms with Crippen LogP contribution in [0, 0.1) is 0 Å². The molecule has 136 valence electrons. The van der Waals surface area contributed by atoms with Crippen LogP contribution >= 0.6 is 0 Å². The minimum Gasteiger partial charge on any atom is -0.396 e. The summed E-state index contributed by atoms with van der Waals surface area (Å²) in [6, 6.07) is 8.43. The van der Waals surface area contributed by atoms with Gasteiger partial charge in [-0.1, -0.05) is 32.6 Å². The molecule has 0 radical (unpaired) electrons. The first-order valence-electron chi connectivity index (χ1n) is 9.67. The van der Waals surface area contributed by atoms with E-state index in [1.54, 1.807) is 0 Å². The second kappa shape index (κ2) is 8.79. The summed E-state index contributed by atoms with van der Waals surface area (Å²) in [4.78, 5) is 0. The molecule has 2 aromatic rings. The molecule has 25 heavy (non-hydrogen) atoms. The Bertz CT molecular complexity index is 641. The molecule has 0 spiro atoms. The van der Waals surface area contributed by atoms with E-state index in [1.807, 2.05) is 10.9 Å². The van der Waals surface area contributed by atoms with Gasteiger partial charge in [0.25, 0.3) is 0 Å². The Labute approximate surface area is 151 Å². The molecule has 3 rings (SSSR count). The molecule has 0 amide bonds. The fraction of sp³-hybridized carbons (Fsp3) is 0.550. The quantitative estimate of drug-likeness (QED) is 0.604. The smallest absolute Gasteiger partial charge is 0.109 e. The largest absolute Gasteiger partial charge is 0.396 e. The van der Waals surface area contributed by atoms with Crippen molar-refractivity contribution >= 4 is 17.1 Å². The molecule has 1 aliphatic rings. The average Bonchev–Trinajstić information content (AvgIpc) is 3.03. The van der Waals surface area contributed by atoms with Crippen LogP contribution in [0.5, 0.6) is 0 Å².